The van der Waals surface area contributed by atoms with Crippen LogP contribution in [0.3, 0.4) is 0 Å². The van der Waals surface area contributed by atoms with Crippen LogP contribution in [-0.4, -0.2) is 134 Å². The Labute approximate surface area is 460 Å². The zero-order valence-electron chi connectivity index (χ0n) is 43.6. The van der Waals surface area contributed by atoms with E-state index in [-0.39, 0.29) is 52.9 Å². The topological polar surface area (TPSA) is 226 Å². The van der Waals surface area contributed by atoms with Crippen molar-refractivity contribution >= 4 is 10.4 Å². The molecule has 4 N–H and O–H groups in total. The van der Waals surface area contributed by atoms with Gasteiger partial charge in [-0.1, -0.05) is 182 Å². The standard InChI is InChI=1S/C60H68O18S/c1-40-51(69-34-43-24-12-4-13-25-43)54(70-35-44-26-14-5-15-27-44)57(72-37-46-30-18-7-19-31-46)60(73-40)76-52-48(39-68-33-42-22-10-3-11-23-42)74-58(63)56(71-36-45-28-16-6-17-29-45)55(52)77-59-50(62)53(78-79(64,65)66)49(61)47(75-59)38-67-32-41-20-8-2-9-21-41/h2-31,40,47-63H,32-39H2,1H3,(H,64,65,66)/t40-,47+,48+,49-,50-,51+,52+,53-,54+,55-,56+,57-,58+,59-,60-/m0/s1. The molecule has 0 unspecified atom stereocenters. The van der Waals surface area contributed by atoms with Crippen molar-refractivity contribution in [3.63, 3.8) is 0 Å². The zero-order valence-corrected chi connectivity index (χ0v) is 44.4. The van der Waals surface area contributed by atoms with E-state index in [1.165, 1.54) is 0 Å². The molecule has 6 aromatic carbocycles. The zero-order chi connectivity index (χ0) is 55.0. The van der Waals surface area contributed by atoms with E-state index in [0.717, 1.165) is 27.8 Å². The van der Waals surface area contributed by atoms with E-state index in [9.17, 15) is 28.3 Å². The largest absolute Gasteiger partial charge is 0.397 e. The molecule has 0 saturated carbocycles. The van der Waals surface area contributed by atoms with Crippen molar-refractivity contribution in [2.75, 3.05) is 13.2 Å². The fourth-order valence-electron chi connectivity index (χ4n) is 9.72. The Kier molecular flexibility index (Phi) is 21.3. The lowest BCUT2D eigenvalue weighted by atomic mass is 9.95. The molecule has 0 amide bonds. The van der Waals surface area contributed by atoms with Crippen LogP contribution in [0.5, 0.6) is 0 Å². The smallest absolute Gasteiger partial charge is 0.387 e. The fourth-order valence-corrected chi connectivity index (χ4v) is 10.2. The third-order valence-corrected chi connectivity index (χ3v) is 14.2. The molecule has 0 radical (unpaired) electrons. The lowest BCUT2D eigenvalue weighted by molar-refractivity contribution is -0.391. The van der Waals surface area contributed by atoms with Gasteiger partial charge in [-0.05, 0) is 40.3 Å². The van der Waals surface area contributed by atoms with E-state index in [1.807, 2.05) is 189 Å². The molecule has 0 aliphatic carbocycles. The van der Waals surface area contributed by atoms with Gasteiger partial charge in [0.05, 0.1) is 59.0 Å². The number of benzene rings is 6. The molecule has 19 heteroatoms. The Morgan fingerprint density at radius 1 is 0.392 bits per heavy atom. The molecule has 18 nitrogen and oxygen atoms in total. The van der Waals surface area contributed by atoms with Crippen molar-refractivity contribution in [2.45, 2.75) is 139 Å². The number of aliphatic hydroxyl groups is 3. The van der Waals surface area contributed by atoms with Gasteiger partial charge >= 0.3 is 10.4 Å². The van der Waals surface area contributed by atoms with E-state index in [4.69, 9.17) is 56.3 Å². The van der Waals surface area contributed by atoms with Gasteiger partial charge in [-0.25, -0.2) is 4.18 Å². The second-order valence-electron chi connectivity index (χ2n) is 19.5. The first-order chi connectivity index (χ1) is 38.5. The van der Waals surface area contributed by atoms with Crippen LogP contribution in [0.1, 0.15) is 40.3 Å². The lowest BCUT2D eigenvalue weighted by Gasteiger charge is -2.50. The van der Waals surface area contributed by atoms with Gasteiger partial charge in [0.15, 0.2) is 18.9 Å². The van der Waals surface area contributed by atoms with Crippen molar-refractivity contribution < 1.29 is 84.6 Å². The quantitative estimate of drug-likeness (QED) is 0.0418. The van der Waals surface area contributed by atoms with Crippen LogP contribution >= 0.6 is 0 Å². The SMILES string of the molecule is C[C@@H]1O[C@@H](O[C@H]2[C@H](O[C@@H]3O[C@H](COCc4ccccc4)[C@H](O)[C@H](OS(=O)(=O)O)[C@@H]3O)[C@@H](OCc3ccccc3)[C@H](O)O[C@@H]2COCc2ccccc2)[C@@H](OCc2ccccc2)[C@H](OCc2ccccc2)[C@@H]1OCc1ccccc1. The third kappa shape index (κ3) is 16.6. The molecule has 0 aromatic heterocycles. The van der Waals surface area contributed by atoms with Crippen LogP contribution in [0.15, 0.2) is 182 Å². The highest BCUT2D eigenvalue weighted by Gasteiger charge is 2.56. The lowest BCUT2D eigenvalue weighted by Crippen LogP contribution is -2.67. The molecule has 9 rings (SSSR count). The number of rotatable bonds is 26. The van der Waals surface area contributed by atoms with E-state index in [1.54, 1.807) is 0 Å². The van der Waals surface area contributed by atoms with Crippen molar-refractivity contribution in [1.29, 1.82) is 0 Å². The molecular weight excluding hydrogens is 1040 g/mol. The van der Waals surface area contributed by atoms with Gasteiger partial charge in [-0.15, -0.1) is 0 Å². The maximum Gasteiger partial charge on any atom is 0.397 e. The predicted octanol–water partition coefficient (Wildman–Crippen LogP) is 6.63. The maximum absolute atomic E-state index is 12.4. The summed E-state index contributed by atoms with van der Waals surface area (Å²) in [5.74, 6) is 0. The molecular formula is C60H68O18S. The number of ether oxygens (including phenoxy) is 11. The van der Waals surface area contributed by atoms with Crippen LogP contribution in [0.4, 0.5) is 0 Å². The highest BCUT2D eigenvalue weighted by atomic mass is 32.3. The summed E-state index contributed by atoms with van der Waals surface area (Å²) >= 11 is 0. The van der Waals surface area contributed by atoms with Crippen molar-refractivity contribution in [1.82, 2.24) is 0 Å². The molecule has 3 aliphatic heterocycles. The monoisotopic (exact) mass is 1110 g/mol. The summed E-state index contributed by atoms with van der Waals surface area (Å²) in [6, 6.07) is 56.6. The number of aliphatic hydroxyl groups excluding tert-OH is 3. The van der Waals surface area contributed by atoms with Crippen molar-refractivity contribution in [3.05, 3.63) is 215 Å². The molecule has 3 aliphatic rings. The minimum Gasteiger partial charge on any atom is -0.387 e. The summed E-state index contributed by atoms with van der Waals surface area (Å²) in [6.45, 7) is 1.82. The molecule has 3 fully saturated rings. The Hall–Kier alpha value is -5.37. The molecule has 422 valence electrons. The van der Waals surface area contributed by atoms with E-state index in [0.29, 0.717) is 5.56 Å². The number of hydrogen-bond acceptors (Lipinski definition) is 17. The first kappa shape index (κ1) is 58.3. The van der Waals surface area contributed by atoms with E-state index >= 15 is 0 Å². The van der Waals surface area contributed by atoms with Gasteiger partial charge in [0.25, 0.3) is 0 Å². The van der Waals surface area contributed by atoms with Crippen LogP contribution in [-0.2, 0) is 106 Å². The Morgan fingerprint density at radius 2 is 0.772 bits per heavy atom. The molecule has 3 heterocycles. The van der Waals surface area contributed by atoms with Gasteiger partial charge in [0.2, 0.25) is 0 Å². The summed E-state index contributed by atoms with van der Waals surface area (Å²) in [6.07, 6.45) is -21.4. The average Bonchev–Trinajstić information content (AvgIpc) is 3.55. The average molecular weight is 1110 g/mol. The third-order valence-electron chi connectivity index (χ3n) is 13.7. The highest BCUT2D eigenvalue weighted by Crippen LogP contribution is 2.38. The summed E-state index contributed by atoms with van der Waals surface area (Å²) < 4.78 is 113. The van der Waals surface area contributed by atoms with Crippen LogP contribution in [0, 0.1) is 0 Å². The fraction of sp³-hybridized carbons (Fsp3) is 0.400. The first-order valence-electron chi connectivity index (χ1n) is 26.3. The van der Waals surface area contributed by atoms with Crippen LogP contribution in [0.2, 0.25) is 0 Å². The van der Waals surface area contributed by atoms with Crippen molar-refractivity contribution in [3.8, 4) is 0 Å². The minimum absolute atomic E-state index is 0.0645. The second-order valence-corrected chi connectivity index (χ2v) is 20.6. The summed E-state index contributed by atoms with van der Waals surface area (Å²) in [5, 5.41) is 35.7. The van der Waals surface area contributed by atoms with Crippen LogP contribution in [0.25, 0.3) is 0 Å². The molecule has 6 aromatic rings. The van der Waals surface area contributed by atoms with Gasteiger partial charge in [-0.3, -0.25) is 4.55 Å². The van der Waals surface area contributed by atoms with Crippen molar-refractivity contribution in [2.24, 2.45) is 0 Å². The highest BCUT2D eigenvalue weighted by molar-refractivity contribution is 7.80. The second kappa shape index (κ2) is 28.9. The molecule has 3 saturated heterocycles. The van der Waals surface area contributed by atoms with Gasteiger partial charge < -0.3 is 67.4 Å². The summed E-state index contributed by atoms with van der Waals surface area (Å²) in [4.78, 5) is 0. The maximum atomic E-state index is 12.4. The predicted molar refractivity (Wildman–Crippen MR) is 284 cm³/mol. The Morgan fingerprint density at radius 3 is 1.22 bits per heavy atom. The van der Waals surface area contributed by atoms with Crippen LogP contribution < -0.4 is 0 Å². The van der Waals surface area contributed by atoms with Gasteiger partial charge in [0, 0.05) is 0 Å². The van der Waals surface area contributed by atoms with E-state index < -0.39 is 103 Å². The molecule has 79 heavy (non-hydrogen) atoms. The molecule has 15 atom stereocenters. The van der Waals surface area contributed by atoms with E-state index in [2.05, 4.69) is 0 Å². The minimum atomic E-state index is -5.30. The van der Waals surface area contributed by atoms with Gasteiger partial charge in [-0.2, -0.15) is 8.42 Å². The number of hydrogen-bond donors (Lipinski definition) is 4. The summed E-state index contributed by atoms with van der Waals surface area (Å²) in [5.41, 5.74) is 4.99. The summed E-state index contributed by atoms with van der Waals surface area (Å²) in [7, 11) is -5.30. The normalized spacial score (nSPS) is 29.3. The van der Waals surface area contributed by atoms with Gasteiger partial charge in [0.1, 0.15) is 67.1 Å². The first-order valence-corrected chi connectivity index (χ1v) is 27.6. The Balaban J connectivity index is 1.10. The Bertz CT molecular complexity index is 2790. The molecule has 0 spiro atoms. The molecule has 0 bridgehead atoms.